The highest BCUT2D eigenvalue weighted by Crippen LogP contribution is 2.31. The summed E-state index contributed by atoms with van der Waals surface area (Å²) in [7, 11) is 0. The van der Waals surface area contributed by atoms with Gasteiger partial charge in [0.2, 0.25) is 5.91 Å². The molecule has 1 unspecified atom stereocenters. The third-order valence-corrected chi connectivity index (χ3v) is 4.51. The zero-order chi connectivity index (χ0) is 14.7. The first-order valence-corrected chi connectivity index (χ1v) is 7.57. The molecule has 1 aliphatic heterocycles. The van der Waals surface area contributed by atoms with Crippen LogP contribution in [0.3, 0.4) is 0 Å². The van der Waals surface area contributed by atoms with Crippen molar-refractivity contribution in [2.75, 3.05) is 18.8 Å². The van der Waals surface area contributed by atoms with Crippen molar-refractivity contribution in [1.29, 1.82) is 0 Å². The van der Waals surface area contributed by atoms with Crippen LogP contribution in [0.4, 0.5) is 14.5 Å². The molecule has 3 nitrogen and oxygen atoms in total. The maximum Gasteiger partial charge on any atom is 0.235 e. The molecule has 1 aromatic rings. The molecule has 0 radical (unpaired) electrons. The van der Waals surface area contributed by atoms with E-state index in [0.717, 1.165) is 56.2 Å². The van der Waals surface area contributed by atoms with Gasteiger partial charge in [0.1, 0.15) is 11.6 Å². The number of hydrogen-bond donors (Lipinski definition) is 1. The molecule has 1 heterocycles. The number of anilines is 1. The summed E-state index contributed by atoms with van der Waals surface area (Å²) in [5.74, 6) is -1.50. The summed E-state index contributed by atoms with van der Waals surface area (Å²) in [6, 6.07) is 2.15. The van der Waals surface area contributed by atoms with E-state index >= 15 is 0 Å². The first kappa shape index (κ1) is 15.1. The SMILES string of the molecule is CC(Sc1c(F)cc(N)cc1F)C(=O)N1CCCCC1. The fourth-order valence-electron chi connectivity index (χ4n) is 2.29. The van der Waals surface area contributed by atoms with Crippen molar-refractivity contribution in [2.24, 2.45) is 0 Å². The Morgan fingerprint density at radius 3 is 2.35 bits per heavy atom. The zero-order valence-corrected chi connectivity index (χ0v) is 12.2. The second kappa shape index (κ2) is 6.43. The molecule has 0 spiro atoms. The van der Waals surface area contributed by atoms with Crippen LogP contribution < -0.4 is 5.73 Å². The van der Waals surface area contributed by atoms with Gasteiger partial charge in [0.25, 0.3) is 0 Å². The zero-order valence-electron chi connectivity index (χ0n) is 11.4. The smallest absolute Gasteiger partial charge is 0.235 e. The van der Waals surface area contributed by atoms with Crippen LogP contribution in [0.5, 0.6) is 0 Å². The van der Waals surface area contributed by atoms with Crippen molar-refractivity contribution >= 4 is 23.4 Å². The molecule has 0 aromatic heterocycles. The molecular formula is C14H18F2N2OS. The normalized spacial score (nSPS) is 17.1. The number of likely N-dealkylation sites (tertiary alicyclic amines) is 1. The molecule has 1 saturated heterocycles. The number of amides is 1. The Labute approximate surface area is 121 Å². The Morgan fingerprint density at radius 2 is 1.80 bits per heavy atom. The maximum atomic E-state index is 13.7. The summed E-state index contributed by atoms with van der Waals surface area (Å²) in [6.45, 7) is 3.14. The molecule has 2 rings (SSSR count). The van der Waals surface area contributed by atoms with Gasteiger partial charge in [0.15, 0.2) is 0 Å². The average Bonchev–Trinajstić information content (AvgIpc) is 2.42. The summed E-state index contributed by atoms with van der Waals surface area (Å²) in [5.41, 5.74) is 5.41. The van der Waals surface area contributed by atoms with Crippen molar-refractivity contribution < 1.29 is 13.6 Å². The molecule has 2 N–H and O–H groups in total. The molecule has 20 heavy (non-hydrogen) atoms. The van der Waals surface area contributed by atoms with Crippen molar-refractivity contribution in [3.63, 3.8) is 0 Å². The lowest BCUT2D eigenvalue weighted by Crippen LogP contribution is -2.40. The third-order valence-electron chi connectivity index (χ3n) is 3.33. The number of carbonyl (C=O) groups is 1. The predicted octanol–water partition coefficient (Wildman–Crippen LogP) is 3.04. The summed E-state index contributed by atoms with van der Waals surface area (Å²) in [4.78, 5) is 13.9. The number of rotatable bonds is 3. The van der Waals surface area contributed by atoms with E-state index in [1.165, 1.54) is 0 Å². The molecule has 110 valence electrons. The number of nitrogen functional groups attached to an aromatic ring is 1. The lowest BCUT2D eigenvalue weighted by Gasteiger charge is -2.29. The molecule has 1 fully saturated rings. The molecule has 6 heteroatoms. The largest absolute Gasteiger partial charge is 0.399 e. The Kier molecular flexibility index (Phi) is 4.86. The Bertz CT molecular complexity index is 481. The third kappa shape index (κ3) is 3.42. The number of nitrogens with zero attached hydrogens (tertiary/aromatic N) is 1. The number of nitrogens with two attached hydrogens (primary N) is 1. The minimum atomic E-state index is -0.717. The number of hydrogen-bond acceptors (Lipinski definition) is 3. The van der Waals surface area contributed by atoms with Crippen molar-refractivity contribution in [2.45, 2.75) is 36.3 Å². The van der Waals surface area contributed by atoms with E-state index in [1.807, 2.05) is 0 Å². The molecule has 1 aromatic carbocycles. The number of carbonyl (C=O) groups excluding carboxylic acids is 1. The van der Waals surface area contributed by atoms with Crippen LogP contribution in [-0.2, 0) is 4.79 Å². The topological polar surface area (TPSA) is 46.3 Å². The fraction of sp³-hybridized carbons (Fsp3) is 0.500. The lowest BCUT2D eigenvalue weighted by molar-refractivity contribution is -0.131. The van der Waals surface area contributed by atoms with Gasteiger partial charge in [-0.25, -0.2) is 8.78 Å². The number of thioether (sulfide) groups is 1. The fourth-order valence-corrected chi connectivity index (χ4v) is 3.24. The summed E-state index contributed by atoms with van der Waals surface area (Å²) >= 11 is 0.911. The maximum absolute atomic E-state index is 13.7. The van der Waals surface area contributed by atoms with Crippen LogP contribution >= 0.6 is 11.8 Å². The van der Waals surface area contributed by atoms with Crippen molar-refractivity contribution in [3.8, 4) is 0 Å². The van der Waals surface area contributed by atoms with Gasteiger partial charge in [-0.1, -0.05) is 0 Å². The van der Waals surface area contributed by atoms with Crippen LogP contribution in [0.2, 0.25) is 0 Å². The van der Waals surface area contributed by atoms with Gasteiger partial charge in [0, 0.05) is 18.8 Å². The summed E-state index contributed by atoms with van der Waals surface area (Å²) < 4.78 is 27.4. The highest BCUT2D eigenvalue weighted by atomic mass is 32.2. The van der Waals surface area contributed by atoms with Gasteiger partial charge in [-0.3, -0.25) is 4.79 Å². The van der Waals surface area contributed by atoms with E-state index < -0.39 is 16.9 Å². The van der Waals surface area contributed by atoms with Crippen LogP contribution in [0.1, 0.15) is 26.2 Å². The van der Waals surface area contributed by atoms with Gasteiger partial charge in [0.05, 0.1) is 10.1 Å². The quantitative estimate of drug-likeness (QED) is 0.689. The molecule has 0 aliphatic carbocycles. The minimum Gasteiger partial charge on any atom is -0.399 e. The second-order valence-electron chi connectivity index (χ2n) is 4.96. The van der Waals surface area contributed by atoms with Gasteiger partial charge in [-0.15, -0.1) is 11.8 Å². The van der Waals surface area contributed by atoms with Crippen molar-refractivity contribution in [1.82, 2.24) is 4.90 Å². The Morgan fingerprint density at radius 1 is 1.25 bits per heavy atom. The van der Waals surface area contributed by atoms with Gasteiger partial charge in [-0.2, -0.15) is 0 Å². The predicted molar refractivity (Wildman–Crippen MR) is 76.5 cm³/mol. The molecular weight excluding hydrogens is 282 g/mol. The van der Waals surface area contributed by atoms with Gasteiger partial charge < -0.3 is 10.6 Å². The monoisotopic (exact) mass is 300 g/mol. The van der Waals surface area contributed by atoms with E-state index in [0.29, 0.717) is 0 Å². The molecule has 1 aliphatic rings. The van der Waals surface area contributed by atoms with Crippen LogP contribution in [-0.4, -0.2) is 29.1 Å². The molecule has 0 saturated carbocycles. The first-order chi connectivity index (χ1) is 9.49. The number of benzene rings is 1. The van der Waals surface area contributed by atoms with E-state index in [1.54, 1.807) is 11.8 Å². The van der Waals surface area contributed by atoms with Crippen LogP contribution in [0, 0.1) is 11.6 Å². The van der Waals surface area contributed by atoms with E-state index in [-0.39, 0.29) is 16.5 Å². The van der Waals surface area contributed by atoms with Crippen LogP contribution in [0.25, 0.3) is 0 Å². The highest BCUT2D eigenvalue weighted by Gasteiger charge is 2.25. The lowest BCUT2D eigenvalue weighted by atomic mass is 10.1. The second-order valence-corrected chi connectivity index (χ2v) is 6.31. The Balaban J connectivity index is 2.07. The minimum absolute atomic E-state index is 0.0411. The number of halogens is 2. The first-order valence-electron chi connectivity index (χ1n) is 6.69. The highest BCUT2D eigenvalue weighted by molar-refractivity contribution is 8.00. The Hall–Kier alpha value is -1.30. The molecule has 1 atom stereocenters. The summed E-state index contributed by atoms with van der Waals surface area (Å²) in [5, 5.41) is -0.513. The summed E-state index contributed by atoms with van der Waals surface area (Å²) in [6.07, 6.45) is 3.12. The van der Waals surface area contributed by atoms with E-state index in [9.17, 15) is 13.6 Å². The standard InChI is InChI=1S/C14H18F2N2OS/c1-9(14(19)18-5-3-2-4-6-18)20-13-11(15)7-10(17)8-12(13)16/h7-9H,2-6,17H2,1H3. The van der Waals surface area contributed by atoms with E-state index in [2.05, 4.69) is 0 Å². The van der Waals surface area contributed by atoms with Gasteiger partial charge in [-0.05, 0) is 38.3 Å². The molecule has 0 bridgehead atoms. The van der Waals surface area contributed by atoms with E-state index in [4.69, 9.17) is 5.73 Å². The molecule has 1 amide bonds. The number of piperidine rings is 1. The van der Waals surface area contributed by atoms with Crippen LogP contribution in [0.15, 0.2) is 17.0 Å². The van der Waals surface area contributed by atoms with Crippen molar-refractivity contribution in [3.05, 3.63) is 23.8 Å². The average molecular weight is 300 g/mol. The van der Waals surface area contributed by atoms with Gasteiger partial charge >= 0.3 is 0 Å².